The van der Waals surface area contributed by atoms with E-state index in [0.717, 1.165) is 28.8 Å². The molecule has 21 heavy (non-hydrogen) atoms. The summed E-state index contributed by atoms with van der Waals surface area (Å²) in [5.74, 6) is 0.892. The maximum Gasteiger partial charge on any atom is 0.143 e. The first-order chi connectivity index (χ1) is 10.1. The predicted octanol–water partition coefficient (Wildman–Crippen LogP) is 5.17. The van der Waals surface area contributed by atoms with Crippen molar-refractivity contribution >= 4 is 21.6 Å². The highest BCUT2D eigenvalue weighted by molar-refractivity contribution is 9.10. The number of nitrogens with one attached hydrogen (secondary N) is 1. The fourth-order valence-corrected chi connectivity index (χ4v) is 3.66. The molecule has 1 atom stereocenters. The smallest absolute Gasteiger partial charge is 0.143 e. The van der Waals surface area contributed by atoms with Gasteiger partial charge >= 0.3 is 0 Å². The summed E-state index contributed by atoms with van der Waals surface area (Å²) in [6.07, 6.45) is 2.28. The van der Waals surface area contributed by atoms with E-state index in [0.29, 0.717) is 6.04 Å². The Kier molecular flexibility index (Phi) is 3.94. The molecule has 2 aromatic carbocycles. The molecule has 0 amide bonds. The van der Waals surface area contributed by atoms with Gasteiger partial charge in [0.25, 0.3) is 0 Å². The molecule has 0 bridgehead atoms. The molecule has 0 saturated heterocycles. The zero-order valence-corrected chi connectivity index (χ0v) is 14.3. The van der Waals surface area contributed by atoms with Gasteiger partial charge in [-0.1, -0.05) is 39.7 Å². The van der Waals surface area contributed by atoms with Crippen LogP contribution < -0.4 is 10.1 Å². The fraction of sp³-hybridized carbons (Fsp3) is 0.333. The third-order valence-corrected chi connectivity index (χ3v) is 4.64. The maximum atomic E-state index is 5.54. The molecule has 1 aliphatic rings. The lowest BCUT2D eigenvalue weighted by Gasteiger charge is -2.20. The van der Waals surface area contributed by atoms with Crippen LogP contribution in [0, 0.1) is 13.8 Å². The van der Waals surface area contributed by atoms with Gasteiger partial charge in [0.1, 0.15) is 5.75 Å². The van der Waals surface area contributed by atoms with Crippen LogP contribution in [-0.4, -0.2) is 7.11 Å². The molecule has 3 rings (SSSR count). The molecule has 0 heterocycles. The van der Waals surface area contributed by atoms with Crippen molar-refractivity contribution in [3.8, 4) is 5.75 Å². The molecule has 0 radical (unpaired) electrons. The van der Waals surface area contributed by atoms with Crippen LogP contribution in [0.4, 0.5) is 5.69 Å². The number of halogens is 1. The summed E-state index contributed by atoms with van der Waals surface area (Å²) in [6, 6.07) is 11.3. The second-order valence-electron chi connectivity index (χ2n) is 5.74. The Morgan fingerprint density at radius 1 is 1.19 bits per heavy atom. The van der Waals surface area contributed by atoms with Gasteiger partial charge in [-0.05, 0) is 55.5 Å². The van der Waals surface area contributed by atoms with Gasteiger partial charge in [0.05, 0.1) is 18.8 Å². The van der Waals surface area contributed by atoms with Gasteiger partial charge < -0.3 is 10.1 Å². The highest BCUT2D eigenvalue weighted by Crippen LogP contribution is 2.39. The third-order valence-electron chi connectivity index (χ3n) is 4.18. The Balaban J connectivity index is 1.95. The summed E-state index contributed by atoms with van der Waals surface area (Å²) in [4.78, 5) is 0. The van der Waals surface area contributed by atoms with E-state index in [9.17, 15) is 0 Å². The summed E-state index contributed by atoms with van der Waals surface area (Å²) in [5.41, 5.74) is 6.51. The van der Waals surface area contributed by atoms with Crippen molar-refractivity contribution in [1.29, 1.82) is 0 Å². The van der Waals surface area contributed by atoms with Crippen LogP contribution in [0.3, 0.4) is 0 Å². The number of anilines is 1. The second-order valence-corrected chi connectivity index (χ2v) is 6.65. The van der Waals surface area contributed by atoms with E-state index in [1.807, 2.05) is 6.07 Å². The van der Waals surface area contributed by atoms with Gasteiger partial charge in [-0.25, -0.2) is 0 Å². The highest BCUT2D eigenvalue weighted by Gasteiger charge is 2.23. The Labute approximate surface area is 134 Å². The summed E-state index contributed by atoms with van der Waals surface area (Å²) < 4.78 is 6.58. The zero-order chi connectivity index (χ0) is 15.0. The molecule has 1 aliphatic carbocycles. The summed E-state index contributed by atoms with van der Waals surface area (Å²) >= 11 is 3.53. The number of ether oxygens (including phenoxy) is 1. The first-order valence-electron chi connectivity index (χ1n) is 7.28. The van der Waals surface area contributed by atoms with Crippen LogP contribution in [0.15, 0.2) is 34.8 Å². The van der Waals surface area contributed by atoms with E-state index in [-0.39, 0.29) is 0 Å². The minimum Gasteiger partial charge on any atom is -0.495 e. The van der Waals surface area contributed by atoms with E-state index >= 15 is 0 Å². The lowest BCUT2D eigenvalue weighted by atomic mass is 10.0. The van der Waals surface area contributed by atoms with Crippen molar-refractivity contribution in [2.45, 2.75) is 32.7 Å². The van der Waals surface area contributed by atoms with Crippen LogP contribution >= 0.6 is 15.9 Å². The quantitative estimate of drug-likeness (QED) is 0.827. The van der Waals surface area contributed by atoms with Crippen molar-refractivity contribution < 1.29 is 4.74 Å². The standard InChI is InChI=1S/C18H20BrNO/c1-11-4-5-13-6-7-16(15(13)8-11)20-18-12(2)9-14(19)10-17(18)21-3/h4-5,8-10,16,20H,6-7H2,1-3H3. The number of hydrogen-bond donors (Lipinski definition) is 1. The number of rotatable bonds is 3. The first kappa shape index (κ1) is 14.5. The third kappa shape index (κ3) is 2.80. The van der Waals surface area contributed by atoms with Crippen LogP contribution in [-0.2, 0) is 6.42 Å². The van der Waals surface area contributed by atoms with Crippen molar-refractivity contribution in [2.75, 3.05) is 12.4 Å². The van der Waals surface area contributed by atoms with E-state index in [2.05, 4.69) is 59.4 Å². The Morgan fingerprint density at radius 3 is 2.76 bits per heavy atom. The van der Waals surface area contributed by atoms with Crippen LogP contribution in [0.1, 0.15) is 34.7 Å². The molecule has 1 unspecified atom stereocenters. The number of hydrogen-bond acceptors (Lipinski definition) is 2. The first-order valence-corrected chi connectivity index (χ1v) is 8.08. The van der Waals surface area contributed by atoms with Crippen molar-refractivity contribution in [2.24, 2.45) is 0 Å². The Hall–Kier alpha value is -1.48. The largest absolute Gasteiger partial charge is 0.495 e. The average molecular weight is 346 g/mol. The van der Waals surface area contributed by atoms with Crippen molar-refractivity contribution in [1.82, 2.24) is 0 Å². The number of methoxy groups -OCH3 is 1. The number of benzene rings is 2. The van der Waals surface area contributed by atoms with E-state index < -0.39 is 0 Å². The highest BCUT2D eigenvalue weighted by atomic mass is 79.9. The second kappa shape index (κ2) is 5.72. The topological polar surface area (TPSA) is 21.3 Å². The molecule has 2 nitrogen and oxygen atoms in total. The molecule has 0 aliphatic heterocycles. The van der Waals surface area contributed by atoms with E-state index in [1.54, 1.807) is 7.11 Å². The van der Waals surface area contributed by atoms with Gasteiger partial charge in [0.15, 0.2) is 0 Å². The molecule has 0 fully saturated rings. The normalized spacial score (nSPS) is 16.7. The van der Waals surface area contributed by atoms with Gasteiger partial charge in [-0.2, -0.15) is 0 Å². The Morgan fingerprint density at radius 2 is 2.00 bits per heavy atom. The van der Waals surface area contributed by atoms with Crippen molar-refractivity contribution in [3.05, 3.63) is 57.1 Å². The molecule has 2 aromatic rings. The van der Waals surface area contributed by atoms with Crippen LogP contribution in [0.5, 0.6) is 5.75 Å². The van der Waals surface area contributed by atoms with Gasteiger partial charge in [-0.3, -0.25) is 0 Å². The molecule has 1 N–H and O–H groups in total. The molecular weight excluding hydrogens is 326 g/mol. The van der Waals surface area contributed by atoms with E-state index in [4.69, 9.17) is 4.74 Å². The summed E-state index contributed by atoms with van der Waals surface area (Å²) in [7, 11) is 1.72. The van der Waals surface area contributed by atoms with Crippen molar-refractivity contribution in [3.63, 3.8) is 0 Å². The number of aryl methyl sites for hydroxylation is 3. The minimum atomic E-state index is 0.369. The summed E-state index contributed by atoms with van der Waals surface area (Å²) in [6.45, 7) is 4.27. The fourth-order valence-electron chi connectivity index (χ4n) is 3.10. The van der Waals surface area contributed by atoms with E-state index in [1.165, 1.54) is 22.3 Å². The number of fused-ring (bicyclic) bond motifs is 1. The molecular formula is C18H20BrNO. The Bertz CT molecular complexity index is 681. The van der Waals surface area contributed by atoms with Gasteiger partial charge in [-0.15, -0.1) is 0 Å². The molecule has 0 aromatic heterocycles. The minimum absolute atomic E-state index is 0.369. The van der Waals surface area contributed by atoms with Gasteiger partial charge in [0, 0.05) is 4.47 Å². The molecule has 0 saturated carbocycles. The maximum absolute atomic E-state index is 5.54. The molecule has 3 heteroatoms. The zero-order valence-electron chi connectivity index (χ0n) is 12.7. The average Bonchev–Trinajstić information content (AvgIpc) is 2.83. The lowest BCUT2D eigenvalue weighted by molar-refractivity contribution is 0.415. The molecule has 110 valence electrons. The SMILES string of the molecule is COc1cc(Br)cc(C)c1NC1CCc2ccc(C)cc21. The van der Waals surface area contributed by atoms with Crippen LogP contribution in [0.2, 0.25) is 0 Å². The van der Waals surface area contributed by atoms with Crippen LogP contribution in [0.25, 0.3) is 0 Å². The summed E-state index contributed by atoms with van der Waals surface area (Å²) in [5, 5.41) is 3.69. The monoisotopic (exact) mass is 345 g/mol. The molecule has 0 spiro atoms. The predicted molar refractivity (Wildman–Crippen MR) is 91.3 cm³/mol. The lowest BCUT2D eigenvalue weighted by Crippen LogP contribution is -2.09. The van der Waals surface area contributed by atoms with Gasteiger partial charge in [0.2, 0.25) is 0 Å².